The van der Waals surface area contributed by atoms with E-state index in [0.717, 1.165) is 11.8 Å². The van der Waals surface area contributed by atoms with Crippen molar-refractivity contribution in [3.63, 3.8) is 0 Å². The van der Waals surface area contributed by atoms with Crippen LogP contribution in [0.25, 0.3) is 0 Å². The maximum Gasteiger partial charge on any atom is 0.301 e. The van der Waals surface area contributed by atoms with E-state index in [-0.39, 0.29) is 21.7 Å². The van der Waals surface area contributed by atoms with E-state index >= 15 is 0 Å². The molecule has 2 aromatic rings. The number of halogens is 2. The first-order valence-corrected chi connectivity index (χ1v) is 6.00. The van der Waals surface area contributed by atoms with Crippen molar-refractivity contribution in [3.05, 3.63) is 57.5 Å². The van der Waals surface area contributed by atoms with Gasteiger partial charge in [-0.05, 0) is 30.3 Å². The lowest BCUT2D eigenvalue weighted by Crippen LogP contribution is -1.93. The second kappa shape index (κ2) is 5.32. The van der Waals surface area contributed by atoms with Crippen molar-refractivity contribution in [1.82, 2.24) is 4.98 Å². The molecule has 0 atom stereocenters. The Hall–Kier alpha value is -1.66. The standard InChI is InChI=1S/C11H6ClFN2O2S/c12-10-6-5-9(15(16)17)11(14-10)18-8-3-1-7(13)2-4-8/h1-6H. The fourth-order valence-electron chi connectivity index (χ4n) is 1.24. The fourth-order valence-corrected chi connectivity index (χ4v) is 2.32. The second-order valence-corrected chi connectivity index (χ2v) is 4.72. The highest BCUT2D eigenvalue weighted by atomic mass is 35.5. The van der Waals surface area contributed by atoms with Crippen LogP contribution >= 0.6 is 23.4 Å². The molecular formula is C11H6ClFN2O2S. The van der Waals surface area contributed by atoms with Gasteiger partial charge in [-0.3, -0.25) is 10.1 Å². The number of hydrogen-bond donors (Lipinski definition) is 0. The largest absolute Gasteiger partial charge is 0.301 e. The third-order valence-electron chi connectivity index (χ3n) is 2.03. The fraction of sp³-hybridized carbons (Fsp3) is 0. The van der Waals surface area contributed by atoms with Crippen LogP contribution in [0.2, 0.25) is 5.15 Å². The van der Waals surface area contributed by atoms with Crippen LogP contribution in [0.15, 0.2) is 46.3 Å². The van der Waals surface area contributed by atoms with Crippen molar-refractivity contribution in [2.75, 3.05) is 0 Å². The van der Waals surface area contributed by atoms with Crippen molar-refractivity contribution in [2.24, 2.45) is 0 Å². The molecule has 1 aromatic heterocycles. The van der Waals surface area contributed by atoms with E-state index in [2.05, 4.69) is 4.98 Å². The number of rotatable bonds is 3. The summed E-state index contributed by atoms with van der Waals surface area (Å²) in [6.45, 7) is 0. The lowest BCUT2D eigenvalue weighted by molar-refractivity contribution is -0.388. The maximum atomic E-state index is 12.7. The Bertz CT molecular complexity index is 592. The molecule has 0 spiro atoms. The molecule has 0 bridgehead atoms. The highest BCUT2D eigenvalue weighted by molar-refractivity contribution is 7.99. The molecule has 0 aliphatic heterocycles. The van der Waals surface area contributed by atoms with Gasteiger partial charge in [0.25, 0.3) is 0 Å². The molecule has 1 aromatic carbocycles. The third kappa shape index (κ3) is 2.96. The van der Waals surface area contributed by atoms with E-state index in [4.69, 9.17) is 11.6 Å². The van der Waals surface area contributed by atoms with Crippen molar-refractivity contribution in [2.45, 2.75) is 9.92 Å². The smallest absolute Gasteiger partial charge is 0.258 e. The van der Waals surface area contributed by atoms with Gasteiger partial charge in [0.2, 0.25) is 0 Å². The molecule has 0 aliphatic rings. The van der Waals surface area contributed by atoms with Crippen LogP contribution in [0.1, 0.15) is 0 Å². The van der Waals surface area contributed by atoms with Crippen LogP contribution < -0.4 is 0 Å². The average molecular weight is 285 g/mol. The van der Waals surface area contributed by atoms with Crippen molar-refractivity contribution < 1.29 is 9.31 Å². The van der Waals surface area contributed by atoms with E-state index in [1.165, 1.54) is 36.4 Å². The molecule has 1 heterocycles. The Kier molecular flexibility index (Phi) is 3.78. The number of nitrogens with zero attached hydrogens (tertiary/aromatic N) is 2. The molecule has 2 rings (SSSR count). The number of hydrogen-bond acceptors (Lipinski definition) is 4. The van der Waals surface area contributed by atoms with Gasteiger partial charge >= 0.3 is 5.69 Å². The van der Waals surface area contributed by atoms with Crippen LogP contribution in [-0.4, -0.2) is 9.91 Å². The van der Waals surface area contributed by atoms with Gasteiger partial charge in [-0.25, -0.2) is 9.37 Å². The highest BCUT2D eigenvalue weighted by Gasteiger charge is 2.16. The monoisotopic (exact) mass is 284 g/mol. The molecule has 7 heteroatoms. The van der Waals surface area contributed by atoms with E-state index < -0.39 is 4.92 Å². The van der Waals surface area contributed by atoms with Gasteiger partial charge in [0.15, 0.2) is 5.03 Å². The van der Waals surface area contributed by atoms with Gasteiger partial charge in [-0.1, -0.05) is 23.4 Å². The summed E-state index contributed by atoms with van der Waals surface area (Å²) in [6.07, 6.45) is 0. The van der Waals surface area contributed by atoms with Gasteiger partial charge in [0.05, 0.1) is 4.92 Å². The summed E-state index contributed by atoms with van der Waals surface area (Å²) in [4.78, 5) is 14.8. The van der Waals surface area contributed by atoms with E-state index in [9.17, 15) is 14.5 Å². The minimum atomic E-state index is -0.533. The molecule has 4 nitrogen and oxygen atoms in total. The van der Waals surface area contributed by atoms with Gasteiger partial charge < -0.3 is 0 Å². The van der Waals surface area contributed by atoms with E-state index in [1.807, 2.05) is 0 Å². The normalized spacial score (nSPS) is 10.3. The molecule has 18 heavy (non-hydrogen) atoms. The molecule has 0 radical (unpaired) electrons. The Balaban J connectivity index is 2.35. The predicted molar refractivity (Wildman–Crippen MR) is 66.4 cm³/mol. The van der Waals surface area contributed by atoms with Gasteiger partial charge in [-0.15, -0.1) is 0 Å². The highest BCUT2D eigenvalue weighted by Crippen LogP contribution is 2.33. The number of nitro groups is 1. The summed E-state index contributed by atoms with van der Waals surface area (Å²) < 4.78 is 12.7. The van der Waals surface area contributed by atoms with Crippen LogP contribution in [0.5, 0.6) is 0 Å². The van der Waals surface area contributed by atoms with Gasteiger partial charge in [0, 0.05) is 11.0 Å². The van der Waals surface area contributed by atoms with Crippen molar-refractivity contribution in [3.8, 4) is 0 Å². The van der Waals surface area contributed by atoms with Gasteiger partial charge in [-0.2, -0.15) is 0 Å². The quantitative estimate of drug-likeness (QED) is 0.487. The van der Waals surface area contributed by atoms with Crippen LogP contribution in [0.4, 0.5) is 10.1 Å². The molecular weight excluding hydrogens is 279 g/mol. The first kappa shape index (κ1) is 12.8. The number of benzene rings is 1. The van der Waals surface area contributed by atoms with Crippen molar-refractivity contribution >= 4 is 29.1 Å². The summed E-state index contributed by atoms with van der Waals surface area (Å²) in [6, 6.07) is 8.24. The predicted octanol–water partition coefficient (Wildman–Crippen LogP) is 3.93. The number of aromatic nitrogens is 1. The minimum Gasteiger partial charge on any atom is -0.258 e. The molecule has 0 amide bonds. The minimum absolute atomic E-state index is 0.131. The lowest BCUT2D eigenvalue weighted by Gasteiger charge is -2.02. The molecule has 0 fully saturated rings. The summed E-state index contributed by atoms with van der Waals surface area (Å²) in [5.74, 6) is -0.368. The molecule has 0 saturated heterocycles. The molecule has 0 saturated carbocycles. The summed E-state index contributed by atoms with van der Waals surface area (Å²) >= 11 is 6.77. The first-order chi connectivity index (χ1) is 8.56. The molecule has 0 unspecified atom stereocenters. The Morgan fingerprint density at radius 3 is 2.50 bits per heavy atom. The second-order valence-electron chi connectivity index (χ2n) is 3.27. The molecule has 0 aliphatic carbocycles. The maximum absolute atomic E-state index is 12.7. The Labute approximate surface area is 111 Å². The Morgan fingerprint density at radius 2 is 1.89 bits per heavy atom. The molecule has 0 N–H and O–H groups in total. The topological polar surface area (TPSA) is 56.0 Å². The SMILES string of the molecule is O=[N+]([O-])c1ccc(Cl)nc1Sc1ccc(F)cc1. The average Bonchev–Trinajstić information content (AvgIpc) is 2.32. The Morgan fingerprint density at radius 1 is 1.22 bits per heavy atom. The first-order valence-electron chi connectivity index (χ1n) is 4.80. The van der Waals surface area contributed by atoms with E-state index in [0.29, 0.717) is 4.90 Å². The zero-order chi connectivity index (χ0) is 13.1. The van der Waals surface area contributed by atoms with Crippen LogP contribution in [0.3, 0.4) is 0 Å². The zero-order valence-corrected chi connectivity index (χ0v) is 10.4. The number of pyridine rings is 1. The third-order valence-corrected chi connectivity index (χ3v) is 3.24. The summed E-state index contributed by atoms with van der Waals surface area (Å²) in [5.41, 5.74) is -0.131. The zero-order valence-electron chi connectivity index (χ0n) is 8.84. The van der Waals surface area contributed by atoms with Crippen molar-refractivity contribution in [1.29, 1.82) is 0 Å². The summed E-state index contributed by atoms with van der Waals surface area (Å²) in [7, 11) is 0. The van der Waals surface area contributed by atoms with E-state index in [1.54, 1.807) is 0 Å². The molecule has 92 valence electrons. The van der Waals surface area contributed by atoms with Crippen LogP contribution in [0, 0.1) is 15.9 Å². The van der Waals surface area contributed by atoms with Crippen LogP contribution in [-0.2, 0) is 0 Å². The summed E-state index contributed by atoms with van der Waals surface area (Å²) in [5, 5.41) is 11.2. The lowest BCUT2D eigenvalue weighted by atomic mass is 10.4. The van der Waals surface area contributed by atoms with Gasteiger partial charge in [0.1, 0.15) is 11.0 Å².